The Morgan fingerprint density at radius 3 is 2.12 bits per heavy atom. The Balaban J connectivity index is 2.63. The highest BCUT2D eigenvalue weighted by molar-refractivity contribution is 7.81. The van der Waals surface area contributed by atoms with Crippen LogP contribution in [0.25, 0.3) is 11.1 Å². The summed E-state index contributed by atoms with van der Waals surface area (Å²) in [5, 5.41) is 0. The van der Waals surface area contributed by atoms with E-state index in [2.05, 4.69) is 37.9 Å². The van der Waals surface area contributed by atoms with Crippen molar-refractivity contribution >= 4 is 37.9 Å². The van der Waals surface area contributed by atoms with Crippen molar-refractivity contribution in [3.05, 3.63) is 42.2 Å². The number of benzene rings is 2. The lowest BCUT2D eigenvalue weighted by molar-refractivity contribution is 0.606. The third kappa shape index (κ3) is 2.39. The lowest BCUT2D eigenvalue weighted by Gasteiger charge is -2.07. The van der Waals surface area contributed by atoms with Gasteiger partial charge in [-0.25, -0.2) is 4.39 Å². The molecule has 0 unspecified atom stereocenters. The molecule has 2 aromatic carbocycles. The number of thiol groups is 3. The first-order valence-electron chi connectivity index (χ1n) is 4.59. The second-order valence-corrected chi connectivity index (χ2v) is 4.89. The van der Waals surface area contributed by atoms with Gasteiger partial charge in [-0.1, -0.05) is 12.1 Å². The molecule has 0 spiro atoms. The van der Waals surface area contributed by atoms with Gasteiger partial charge in [0, 0.05) is 20.2 Å². The smallest absolute Gasteiger partial charge is 0.144 e. The van der Waals surface area contributed by atoms with E-state index in [4.69, 9.17) is 0 Å². The monoisotopic (exact) mass is 268 g/mol. The number of halogens is 1. The van der Waals surface area contributed by atoms with Gasteiger partial charge in [-0.3, -0.25) is 0 Å². The maximum absolute atomic E-state index is 13.8. The van der Waals surface area contributed by atoms with Crippen LogP contribution in [0.2, 0.25) is 0 Å². The van der Waals surface area contributed by atoms with E-state index in [0.29, 0.717) is 10.5 Å². The standard InChI is InChI=1S/C12H9FS3/c13-12-10(2-1-3-11(12)16)7-4-8(14)6-9(15)5-7/h1-6,14-16H. The molecule has 16 heavy (non-hydrogen) atoms. The normalized spacial score (nSPS) is 10.5. The average molecular weight is 268 g/mol. The highest BCUT2D eigenvalue weighted by atomic mass is 32.1. The molecule has 0 aliphatic heterocycles. The van der Waals surface area contributed by atoms with Crippen LogP contribution in [0.5, 0.6) is 0 Å². The van der Waals surface area contributed by atoms with Crippen molar-refractivity contribution in [1.29, 1.82) is 0 Å². The summed E-state index contributed by atoms with van der Waals surface area (Å²) in [6.07, 6.45) is 0. The van der Waals surface area contributed by atoms with Crippen LogP contribution in [0.3, 0.4) is 0 Å². The van der Waals surface area contributed by atoms with Crippen LogP contribution in [0.15, 0.2) is 51.1 Å². The molecule has 0 saturated heterocycles. The second kappa shape index (κ2) is 4.73. The summed E-state index contributed by atoms with van der Waals surface area (Å²) in [5.41, 5.74) is 1.27. The predicted molar refractivity (Wildman–Crippen MR) is 73.6 cm³/mol. The predicted octanol–water partition coefficient (Wildman–Crippen LogP) is 4.36. The molecule has 0 saturated carbocycles. The minimum atomic E-state index is -0.322. The van der Waals surface area contributed by atoms with Crippen molar-refractivity contribution in [1.82, 2.24) is 0 Å². The van der Waals surface area contributed by atoms with Gasteiger partial charge in [0.2, 0.25) is 0 Å². The highest BCUT2D eigenvalue weighted by Crippen LogP contribution is 2.30. The fourth-order valence-corrected chi connectivity index (χ4v) is 2.36. The molecule has 0 nitrogen and oxygen atoms in total. The molecule has 0 radical (unpaired) electrons. The van der Waals surface area contributed by atoms with E-state index in [1.54, 1.807) is 36.4 Å². The molecule has 0 atom stereocenters. The zero-order valence-electron chi connectivity index (χ0n) is 8.18. The summed E-state index contributed by atoms with van der Waals surface area (Å²) in [7, 11) is 0. The minimum absolute atomic E-state index is 0.322. The molecule has 0 amide bonds. The van der Waals surface area contributed by atoms with E-state index >= 15 is 0 Å². The van der Waals surface area contributed by atoms with E-state index in [0.717, 1.165) is 15.4 Å². The summed E-state index contributed by atoms with van der Waals surface area (Å²) in [4.78, 5) is 1.85. The van der Waals surface area contributed by atoms with E-state index in [9.17, 15) is 4.39 Å². The maximum atomic E-state index is 13.8. The molecule has 2 aromatic rings. The maximum Gasteiger partial charge on any atom is 0.144 e. The van der Waals surface area contributed by atoms with Gasteiger partial charge in [-0.2, -0.15) is 0 Å². The van der Waals surface area contributed by atoms with Gasteiger partial charge in [0.15, 0.2) is 0 Å². The summed E-state index contributed by atoms with van der Waals surface area (Å²) in [5.74, 6) is -0.322. The average Bonchev–Trinajstić information content (AvgIpc) is 2.20. The quantitative estimate of drug-likeness (QED) is 0.629. The molecular weight excluding hydrogens is 259 g/mol. The minimum Gasteiger partial charge on any atom is -0.205 e. The Morgan fingerprint density at radius 2 is 1.50 bits per heavy atom. The van der Waals surface area contributed by atoms with E-state index in [1.165, 1.54) is 0 Å². The van der Waals surface area contributed by atoms with E-state index in [-0.39, 0.29) is 5.82 Å². The van der Waals surface area contributed by atoms with Gasteiger partial charge in [-0.15, -0.1) is 37.9 Å². The van der Waals surface area contributed by atoms with Crippen LogP contribution < -0.4 is 0 Å². The van der Waals surface area contributed by atoms with Gasteiger partial charge in [0.25, 0.3) is 0 Å². The van der Waals surface area contributed by atoms with Gasteiger partial charge in [-0.05, 0) is 29.8 Å². The van der Waals surface area contributed by atoms with Crippen molar-refractivity contribution in [2.75, 3.05) is 0 Å². The lowest BCUT2D eigenvalue weighted by Crippen LogP contribution is -1.86. The van der Waals surface area contributed by atoms with Crippen molar-refractivity contribution in [2.45, 2.75) is 14.7 Å². The molecule has 4 heteroatoms. The van der Waals surface area contributed by atoms with Crippen LogP contribution in [-0.2, 0) is 0 Å². The molecular formula is C12H9FS3. The molecule has 0 aliphatic carbocycles. The zero-order valence-corrected chi connectivity index (χ0v) is 10.9. The number of hydrogen-bond acceptors (Lipinski definition) is 3. The summed E-state index contributed by atoms with van der Waals surface area (Å²) in [6.45, 7) is 0. The zero-order chi connectivity index (χ0) is 11.7. The fraction of sp³-hybridized carbons (Fsp3) is 0. The van der Waals surface area contributed by atoms with Crippen molar-refractivity contribution in [2.24, 2.45) is 0 Å². The first kappa shape index (κ1) is 11.9. The summed E-state index contributed by atoms with van der Waals surface area (Å²) < 4.78 is 13.8. The van der Waals surface area contributed by atoms with Crippen LogP contribution in [0.4, 0.5) is 4.39 Å². The van der Waals surface area contributed by atoms with Crippen molar-refractivity contribution < 1.29 is 4.39 Å². The van der Waals surface area contributed by atoms with Crippen LogP contribution in [0, 0.1) is 5.82 Å². The Morgan fingerprint density at radius 1 is 0.875 bits per heavy atom. The number of rotatable bonds is 1. The Labute approximate surface area is 110 Å². The topological polar surface area (TPSA) is 0 Å². The second-order valence-electron chi connectivity index (χ2n) is 3.38. The van der Waals surface area contributed by atoms with Crippen LogP contribution in [-0.4, -0.2) is 0 Å². The van der Waals surface area contributed by atoms with E-state index in [1.807, 2.05) is 0 Å². The molecule has 82 valence electrons. The third-order valence-electron chi connectivity index (χ3n) is 2.19. The summed E-state index contributed by atoms with van der Waals surface area (Å²) in [6, 6.07) is 10.5. The van der Waals surface area contributed by atoms with Crippen LogP contribution in [0.1, 0.15) is 0 Å². The van der Waals surface area contributed by atoms with Gasteiger partial charge < -0.3 is 0 Å². The van der Waals surface area contributed by atoms with Crippen LogP contribution >= 0.6 is 37.9 Å². The SMILES string of the molecule is Fc1c(S)cccc1-c1cc(S)cc(S)c1. The van der Waals surface area contributed by atoms with Gasteiger partial charge in [0.1, 0.15) is 5.82 Å². The molecule has 0 bridgehead atoms. The molecule has 2 rings (SSSR count). The number of hydrogen-bond donors (Lipinski definition) is 3. The lowest BCUT2D eigenvalue weighted by atomic mass is 10.1. The Hall–Kier alpha value is -0.580. The third-order valence-corrected chi connectivity index (χ3v) is 3.05. The molecule has 0 fully saturated rings. The first-order valence-corrected chi connectivity index (χ1v) is 5.93. The van der Waals surface area contributed by atoms with E-state index < -0.39 is 0 Å². The molecule has 0 N–H and O–H groups in total. The van der Waals surface area contributed by atoms with Gasteiger partial charge in [0.05, 0.1) is 0 Å². The molecule has 0 aromatic heterocycles. The van der Waals surface area contributed by atoms with Crippen molar-refractivity contribution in [3.63, 3.8) is 0 Å². The Kier molecular flexibility index (Phi) is 3.52. The molecule has 0 aliphatic rings. The summed E-state index contributed by atoms with van der Waals surface area (Å²) >= 11 is 12.5. The van der Waals surface area contributed by atoms with Crippen molar-refractivity contribution in [3.8, 4) is 11.1 Å². The largest absolute Gasteiger partial charge is 0.205 e. The highest BCUT2D eigenvalue weighted by Gasteiger charge is 2.08. The fourth-order valence-electron chi connectivity index (χ4n) is 1.49. The first-order chi connectivity index (χ1) is 7.58. The molecule has 0 heterocycles. The Bertz CT molecular complexity index is 518. The van der Waals surface area contributed by atoms with Gasteiger partial charge >= 0.3 is 0 Å².